The van der Waals surface area contributed by atoms with Gasteiger partial charge >= 0.3 is 0 Å². The topological polar surface area (TPSA) is 54.5 Å². The lowest BCUT2D eigenvalue weighted by molar-refractivity contribution is 0.476. The summed E-state index contributed by atoms with van der Waals surface area (Å²) in [5.41, 5.74) is 5.12. The van der Waals surface area contributed by atoms with E-state index in [9.17, 15) is 4.39 Å². The standard InChI is InChI=1S/C17H15FN4/c1-12-9-10-16-17(21-22-20-16)15(12)8-3-2-5-13-6-4-7-14(11-18)19-13/h4,6-7,9-10H,3,8,11H2,1H3,(H,20,21,22). The van der Waals surface area contributed by atoms with Crippen LogP contribution in [0.2, 0.25) is 0 Å². The molecule has 0 atom stereocenters. The van der Waals surface area contributed by atoms with Crippen molar-refractivity contribution in [3.8, 4) is 11.8 Å². The van der Waals surface area contributed by atoms with Gasteiger partial charge in [0.15, 0.2) is 0 Å². The molecule has 22 heavy (non-hydrogen) atoms. The van der Waals surface area contributed by atoms with Crippen LogP contribution in [0.4, 0.5) is 4.39 Å². The molecule has 0 saturated heterocycles. The molecular formula is C17H15FN4. The zero-order valence-electron chi connectivity index (χ0n) is 12.2. The molecule has 2 heterocycles. The largest absolute Gasteiger partial charge is 0.244 e. The van der Waals surface area contributed by atoms with Crippen LogP contribution < -0.4 is 0 Å². The predicted octanol–water partition coefficient (Wildman–Crippen LogP) is 3.12. The molecule has 0 radical (unpaired) electrons. The van der Waals surface area contributed by atoms with E-state index in [0.717, 1.165) is 23.0 Å². The normalized spacial score (nSPS) is 10.5. The van der Waals surface area contributed by atoms with Crippen LogP contribution in [0.25, 0.3) is 11.0 Å². The highest BCUT2D eigenvalue weighted by atomic mass is 19.1. The van der Waals surface area contributed by atoms with Crippen molar-refractivity contribution in [1.29, 1.82) is 0 Å². The molecule has 4 nitrogen and oxygen atoms in total. The van der Waals surface area contributed by atoms with Crippen molar-refractivity contribution in [2.24, 2.45) is 0 Å². The second kappa shape index (κ2) is 6.35. The summed E-state index contributed by atoms with van der Waals surface area (Å²) in [6.07, 6.45) is 1.49. The molecular weight excluding hydrogens is 279 g/mol. The van der Waals surface area contributed by atoms with Gasteiger partial charge in [-0.2, -0.15) is 15.4 Å². The third kappa shape index (κ3) is 2.96. The Bertz CT molecular complexity index is 858. The summed E-state index contributed by atoms with van der Waals surface area (Å²) >= 11 is 0. The first-order valence-electron chi connectivity index (χ1n) is 7.07. The molecule has 0 bridgehead atoms. The molecule has 5 heteroatoms. The van der Waals surface area contributed by atoms with Crippen molar-refractivity contribution in [2.45, 2.75) is 26.4 Å². The van der Waals surface area contributed by atoms with Gasteiger partial charge in [0.25, 0.3) is 0 Å². The zero-order chi connectivity index (χ0) is 15.4. The average molecular weight is 294 g/mol. The molecule has 0 aliphatic carbocycles. The van der Waals surface area contributed by atoms with Crippen molar-refractivity contribution in [3.05, 3.63) is 52.8 Å². The summed E-state index contributed by atoms with van der Waals surface area (Å²) in [4.78, 5) is 4.12. The van der Waals surface area contributed by atoms with Crippen molar-refractivity contribution in [3.63, 3.8) is 0 Å². The third-order valence-electron chi connectivity index (χ3n) is 3.49. The molecule has 0 aliphatic heterocycles. The Morgan fingerprint density at radius 3 is 2.95 bits per heavy atom. The van der Waals surface area contributed by atoms with E-state index in [1.165, 1.54) is 5.56 Å². The van der Waals surface area contributed by atoms with E-state index in [2.05, 4.69) is 39.2 Å². The van der Waals surface area contributed by atoms with E-state index in [0.29, 0.717) is 17.8 Å². The molecule has 0 unspecified atom stereocenters. The number of aryl methyl sites for hydroxylation is 2. The second-order valence-electron chi connectivity index (χ2n) is 5.00. The van der Waals surface area contributed by atoms with E-state index in [4.69, 9.17) is 0 Å². The number of hydrogen-bond acceptors (Lipinski definition) is 3. The first-order valence-corrected chi connectivity index (χ1v) is 7.07. The summed E-state index contributed by atoms with van der Waals surface area (Å²) in [6.45, 7) is 1.49. The lowest BCUT2D eigenvalue weighted by atomic mass is 10.0. The predicted molar refractivity (Wildman–Crippen MR) is 82.9 cm³/mol. The number of nitrogens with zero attached hydrogens (tertiary/aromatic N) is 3. The van der Waals surface area contributed by atoms with Gasteiger partial charge in [-0.3, -0.25) is 0 Å². The lowest BCUT2D eigenvalue weighted by Gasteiger charge is -2.03. The van der Waals surface area contributed by atoms with Gasteiger partial charge < -0.3 is 0 Å². The number of benzene rings is 1. The average Bonchev–Trinajstić information content (AvgIpc) is 3.02. The van der Waals surface area contributed by atoms with Crippen LogP contribution in [0, 0.1) is 18.8 Å². The minimum Gasteiger partial charge on any atom is -0.244 e. The molecule has 0 fully saturated rings. The number of pyridine rings is 1. The molecule has 3 aromatic rings. The number of aromatic nitrogens is 4. The number of nitrogens with one attached hydrogen (secondary N) is 1. The molecule has 110 valence electrons. The summed E-state index contributed by atoms with van der Waals surface area (Å²) in [6, 6.07) is 9.21. The minimum atomic E-state index is -0.567. The van der Waals surface area contributed by atoms with Crippen molar-refractivity contribution in [2.75, 3.05) is 0 Å². The Hall–Kier alpha value is -2.74. The van der Waals surface area contributed by atoms with E-state index in [1.54, 1.807) is 18.2 Å². The van der Waals surface area contributed by atoms with E-state index >= 15 is 0 Å². The lowest BCUT2D eigenvalue weighted by Crippen LogP contribution is -1.92. The maximum atomic E-state index is 12.6. The highest BCUT2D eigenvalue weighted by Crippen LogP contribution is 2.19. The maximum absolute atomic E-state index is 12.6. The monoisotopic (exact) mass is 294 g/mol. The molecule has 3 rings (SSSR count). The number of alkyl halides is 1. The number of rotatable bonds is 3. The molecule has 0 amide bonds. The first-order chi connectivity index (χ1) is 10.8. The number of fused-ring (bicyclic) bond motifs is 1. The van der Waals surface area contributed by atoms with Gasteiger partial charge in [0.05, 0.1) is 5.69 Å². The van der Waals surface area contributed by atoms with E-state index < -0.39 is 6.67 Å². The summed E-state index contributed by atoms with van der Waals surface area (Å²) in [5.74, 6) is 6.07. The Morgan fingerprint density at radius 2 is 2.09 bits per heavy atom. The van der Waals surface area contributed by atoms with Crippen LogP contribution in [0.1, 0.15) is 28.9 Å². The Morgan fingerprint density at radius 1 is 1.18 bits per heavy atom. The Labute approximate surface area is 127 Å². The molecule has 0 spiro atoms. The van der Waals surface area contributed by atoms with Crippen molar-refractivity contribution >= 4 is 11.0 Å². The first kappa shape index (κ1) is 14.2. The van der Waals surface area contributed by atoms with Gasteiger partial charge in [-0.1, -0.05) is 18.1 Å². The van der Waals surface area contributed by atoms with E-state index in [1.807, 2.05) is 12.1 Å². The van der Waals surface area contributed by atoms with Crippen molar-refractivity contribution < 1.29 is 4.39 Å². The van der Waals surface area contributed by atoms with Gasteiger partial charge in [-0.05, 0) is 48.6 Å². The van der Waals surface area contributed by atoms with Crippen LogP contribution in [-0.2, 0) is 13.1 Å². The van der Waals surface area contributed by atoms with Crippen LogP contribution in [0.5, 0.6) is 0 Å². The smallest absolute Gasteiger partial charge is 0.131 e. The fourth-order valence-electron chi connectivity index (χ4n) is 2.35. The van der Waals surface area contributed by atoms with Crippen molar-refractivity contribution in [1.82, 2.24) is 20.4 Å². The third-order valence-corrected chi connectivity index (χ3v) is 3.49. The molecule has 1 aromatic carbocycles. The van der Waals surface area contributed by atoms with Gasteiger partial charge in [0.1, 0.15) is 23.4 Å². The van der Waals surface area contributed by atoms with Gasteiger partial charge in [0.2, 0.25) is 0 Å². The molecule has 0 aliphatic rings. The van der Waals surface area contributed by atoms with Gasteiger partial charge in [-0.25, -0.2) is 9.37 Å². The van der Waals surface area contributed by atoms with Crippen LogP contribution >= 0.6 is 0 Å². The summed E-state index contributed by atoms with van der Waals surface area (Å²) in [7, 11) is 0. The zero-order valence-corrected chi connectivity index (χ0v) is 12.2. The molecule has 0 saturated carbocycles. The van der Waals surface area contributed by atoms with Crippen LogP contribution in [0.15, 0.2) is 30.3 Å². The van der Waals surface area contributed by atoms with Gasteiger partial charge in [0, 0.05) is 6.42 Å². The minimum absolute atomic E-state index is 0.412. The number of hydrogen-bond donors (Lipinski definition) is 1. The molecule has 2 aromatic heterocycles. The Kier molecular flexibility index (Phi) is 4.10. The number of halogens is 1. The SMILES string of the molecule is Cc1ccc2n[nH]nc2c1CCC#Cc1cccc(CF)n1. The highest BCUT2D eigenvalue weighted by molar-refractivity contribution is 5.78. The fourth-order valence-corrected chi connectivity index (χ4v) is 2.35. The summed E-state index contributed by atoms with van der Waals surface area (Å²) < 4.78 is 12.6. The molecule has 1 N–H and O–H groups in total. The maximum Gasteiger partial charge on any atom is 0.131 e. The second-order valence-corrected chi connectivity index (χ2v) is 5.00. The fraction of sp³-hybridized carbons (Fsp3) is 0.235. The summed E-state index contributed by atoms with van der Waals surface area (Å²) in [5, 5.41) is 11.0. The van der Waals surface area contributed by atoms with E-state index in [-0.39, 0.29) is 0 Å². The number of aromatic amines is 1. The highest BCUT2D eigenvalue weighted by Gasteiger charge is 2.07. The van der Waals surface area contributed by atoms with Gasteiger partial charge in [-0.15, -0.1) is 0 Å². The quantitative estimate of drug-likeness (QED) is 0.755. The van der Waals surface area contributed by atoms with Crippen LogP contribution in [-0.4, -0.2) is 20.4 Å². The number of H-pyrrole nitrogens is 1. The van der Waals surface area contributed by atoms with Crippen LogP contribution in [0.3, 0.4) is 0 Å². The Balaban J connectivity index is 1.74.